The van der Waals surface area contributed by atoms with Gasteiger partial charge in [0.15, 0.2) is 0 Å². The van der Waals surface area contributed by atoms with Crippen LogP contribution in [0, 0.1) is 0 Å². The van der Waals surface area contributed by atoms with Gasteiger partial charge in [-0.3, -0.25) is 4.79 Å². The van der Waals surface area contributed by atoms with Crippen LogP contribution in [0.1, 0.15) is 26.3 Å². The maximum Gasteiger partial charge on any atom is 0.337 e. The summed E-state index contributed by atoms with van der Waals surface area (Å²) in [6, 6.07) is 14.7. The Morgan fingerprint density at radius 3 is 2.61 bits per heavy atom. The molecule has 0 unspecified atom stereocenters. The molecule has 0 atom stereocenters. The highest BCUT2D eigenvalue weighted by Gasteiger charge is 2.25. The van der Waals surface area contributed by atoms with Gasteiger partial charge in [0, 0.05) is 30.3 Å². The number of amides is 1. The maximum absolute atomic E-state index is 12.8. The van der Waals surface area contributed by atoms with Crippen LogP contribution in [-0.2, 0) is 11.2 Å². The fourth-order valence-electron chi connectivity index (χ4n) is 3.18. The normalized spacial score (nSPS) is 12.4. The Labute approximate surface area is 162 Å². The Balaban J connectivity index is 1.49. The average Bonchev–Trinajstić information content (AvgIpc) is 3.17. The molecule has 1 aliphatic rings. The van der Waals surface area contributed by atoms with Crippen molar-refractivity contribution < 1.29 is 14.3 Å². The van der Waals surface area contributed by atoms with Crippen molar-refractivity contribution in [2.24, 2.45) is 0 Å². The number of nitrogens with zero attached hydrogens (tertiary/aromatic N) is 3. The third-order valence-corrected chi connectivity index (χ3v) is 4.57. The molecule has 0 aliphatic carbocycles. The fraction of sp³-hybridized carbons (Fsp3) is 0.143. The lowest BCUT2D eigenvalue weighted by Gasteiger charge is -2.17. The van der Waals surface area contributed by atoms with Crippen LogP contribution in [-0.4, -0.2) is 35.5 Å². The third kappa shape index (κ3) is 3.42. The van der Waals surface area contributed by atoms with Gasteiger partial charge in [-0.25, -0.2) is 14.8 Å². The topological polar surface area (TPSA) is 84.4 Å². The van der Waals surface area contributed by atoms with E-state index >= 15 is 0 Å². The zero-order valence-corrected chi connectivity index (χ0v) is 15.3. The number of ether oxygens (including phenoxy) is 1. The molecular weight excluding hydrogens is 356 g/mol. The zero-order valence-electron chi connectivity index (χ0n) is 15.3. The minimum Gasteiger partial charge on any atom is -0.465 e. The quantitative estimate of drug-likeness (QED) is 0.706. The second-order valence-corrected chi connectivity index (χ2v) is 6.33. The molecule has 1 N–H and O–H groups in total. The minimum atomic E-state index is -0.420. The van der Waals surface area contributed by atoms with Gasteiger partial charge in [0.2, 0.25) is 5.95 Å². The molecule has 7 heteroatoms. The highest BCUT2D eigenvalue weighted by Crippen LogP contribution is 2.28. The number of hydrogen-bond acceptors (Lipinski definition) is 6. The first-order valence-corrected chi connectivity index (χ1v) is 8.83. The van der Waals surface area contributed by atoms with Crippen molar-refractivity contribution in [2.75, 3.05) is 23.9 Å². The maximum atomic E-state index is 12.8. The van der Waals surface area contributed by atoms with Crippen LogP contribution in [0.3, 0.4) is 0 Å². The van der Waals surface area contributed by atoms with Crippen molar-refractivity contribution >= 4 is 29.2 Å². The lowest BCUT2D eigenvalue weighted by Crippen LogP contribution is -2.29. The summed E-state index contributed by atoms with van der Waals surface area (Å²) in [5.41, 5.74) is 3.60. The highest BCUT2D eigenvalue weighted by atomic mass is 16.5. The van der Waals surface area contributed by atoms with Crippen LogP contribution < -0.4 is 10.2 Å². The number of nitrogens with one attached hydrogen (secondary N) is 1. The van der Waals surface area contributed by atoms with Crippen molar-refractivity contribution in [2.45, 2.75) is 6.42 Å². The van der Waals surface area contributed by atoms with E-state index in [2.05, 4.69) is 15.3 Å². The van der Waals surface area contributed by atoms with Gasteiger partial charge < -0.3 is 15.0 Å². The van der Waals surface area contributed by atoms with E-state index in [-0.39, 0.29) is 5.91 Å². The summed E-state index contributed by atoms with van der Waals surface area (Å²) in [6.07, 6.45) is 3.85. The number of hydrogen-bond donors (Lipinski definition) is 1. The molecule has 0 spiro atoms. The Hall–Kier alpha value is -3.74. The number of aromatic nitrogens is 2. The van der Waals surface area contributed by atoms with E-state index in [1.165, 1.54) is 25.1 Å². The molecule has 3 aromatic rings. The second-order valence-electron chi connectivity index (χ2n) is 6.33. The summed E-state index contributed by atoms with van der Waals surface area (Å²) < 4.78 is 4.72. The third-order valence-electron chi connectivity index (χ3n) is 4.57. The molecule has 0 radical (unpaired) electrons. The molecule has 140 valence electrons. The minimum absolute atomic E-state index is 0.121. The van der Waals surface area contributed by atoms with E-state index in [4.69, 9.17) is 4.74 Å². The standard InChI is InChI=1S/C21H18N4O3/c1-28-20(27)15-6-4-7-17(11-15)24-21-22-12-16(13-23-21)19(26)25-10-9-14-5-2-3-8-18(14)25/h2-8,11-13H,9-10H2,1H3,(H,22,23,24). The summed E-state index contributed by atoms with van der Waals surface area (Å²) in [6.45, 7) is 0.651. The molecule has 4 rings (SSSR count). The summed E-state index contributed by atoms with van der Waals surface area (Å²) in [5, 5.41) is 3.02. The van der Waals surface area contributed by atoms with E-state index in [1.54, 1.807) is 29.2 Å². The monoisotopic (exact) mass is 374 g/mol. The molecular formula is C21H18N4O3. The van der Waals surface area contributed by atoms with E-state index in [0.29, 0.717) is 29.3 Å². The molecule has 0 bridgehead atoms. The number of para-hydroxylation sites is 1. The van der Waals surface area contributed by atoms with Crippen LogP contribution in [0.25, 0.3) is 0 Å². The zero-order chi connectivity index (χ0) is 19.5. The van der Waals surface area contributed by atoms with Gasteiger partial charge in [-0.1, -0.05) is 24.3 Å². The van der Waals surface area contributed by atoms with Gasteiger partial charge in [0.05, 0.1) is 18.2 Å². The van der Waals surface area contributed by atoms with Gasteiger partial charge in [0.1, 0.15) is 0 Å². The molecule has 0 saturated heterocycles. The lowest BCUT2D eigenvalue weighted by molar-refractivity contribution is 0.0600. The number of benzene rings is 2. The molecule has 1 amide bonds. The molecule has 0 saturated carbocycles. The highest BCUT2D eigenvalue weighted by molar-refractivity contribution is 6.07. The van der Waals surface area contributed by atoms with Crippen molar-refractivity contribution in [3.63, 3.8) is 0 Å². The van der Waals surface area contributed by atoms with Gasteiger partial charge in [-0.2, -0.15) is 0 Å². The molecule has 7 nitrogen and oxygen atoms in total. The van der Waals surface area contributed by atoms with Crippen molar-refractivity contribution in [1.29, 1.82) is 0 Å². The number of methoxy groups -OCH3 is 1. The van der Waals surface area contributed by atoms with E-state index in [0.717, 1.165) is 12.1 Å². The summed E-state index contributed by atoms with van der Waals surface area (Å²) >= 11 is 0. The van der Waals surface area contributed by atoms with Crippen LogP contribution in [0.15, 0.2) is 60.9 Å². The predicted octanol–water partition coefficient (Wildman–Crippen LogP) is 3.21. The van der Waals surface area contributed by atoms with Gasteiger partial charge >= 0.3 is 5.97 Å². The molecule has 2 heterocycles. The van der Waals surface area contributed by atoms with Gasteiger partial charge in [-0.15, -0.1) is 0 Å². The van der Waals surface area contributed by atoms with E-state index in [9.17, 15) is 9.59 Å². The van der Waals surface area contributed by atoms with E-state index < -0.39 is 5.97 Å². The van der Waals surface area contributed by atoms with E-state index in [1.807, 2.05) is 24.3 Å². The summed E-state index contributed by atoms with van der Waals surface area (Å²) in [5.74, 6) is -0.207. The summed E-state index contributed by atoms with van der Waals surface area (Å²) in [4.78, 5) is 34.6. The molecule has 2 aromatic carbocycles. The number of rotatable bonds is 4. The van der Waals surface area contributed by atoms with Gasteiger partial charge in [0.25, 0.3) is 5.91 Å². The Morgan fingerprint density at radius 2 is 1.82 bits per heavy atom. The van der Waals surface area contributed by atoms with Crippen LogP contribution in [0.4, 0.5) is 17.3 Å². The fourth-order valence-corrected chi connectivity index (χ4v) is 3.18. The first-order valence-electron chi connectivity index (χ1n) is 8.83. The number of esters is 1. The SMILES string of the molecule is COC(=O)c1cccc(Nc2ncc(C(=O)N3CCc4ccccc43)cn2)c1. The van der Waals surface area contributed by atoms with Crippen LogP contribution in [0.5, 0.6) is 0 Å². The largest absolute Gasteiger partial charge is 0.465 e. The van der Waals surface area contributed by atoms with Crippen LogP contribution in [0.2, 0.25) is 0 Å². The van der Waals surface area contributed by atoms with Crippen molar-refractivity contribution in [3.8, 4) is 0 Å². The first-order chi connectivity index (χ1) is 13.7. The average molecular weight is 374 g/mol. The molecule has 1 aromatic heterocycles. The first kappa shape index (κ1) is 17.7. The van der Waals surface area contributed by atoms with Crippen molar-refractivity contribution in [1.82, 2.24) is 9.97 Å². The number of fused-ring (bicyclic) bond motifs is 1. The lowest BCUT2D eigenvalue weighted by atomic mass is 10.2. The number of carbonyl (C=O) groups excluding carboxylic acids is 2. The Bertz CT molecular complexity index is 1030. The Morgan fingerprint density at radius 1 is 1.04 bits per heavy atom. The number of anilines is 3. The van der Waals surface area contributed by atoms with Crippen molar-refractivity contribution in [3.05, 3.63) is 77.6 Å². The molecule has 28 heavy (non-hydrogen) atoms. The Kier molecular flexibility index (Phi) is 4.72. The smallest absolute Gasteiger partial charge is 0.337 e. The molecule has 1 aliphatic heterocycles. The van der Waals surface area contributed by atoms with Gasteiger partial charge in [-0.05, 0) is 36.2 Å². The number of carbonyl (C=O) groups is 2. The molecule has 0 fully saturated rings. The summed E-state index contributed by atoms with van der Waals surface area (Å²) in [7, 11) is 1.33. The second kappa shape index (κ2) is 7.48. The predicted molar refractivity (Wildman–Crippen MR) is 105 cm³/mol. The van der Waals surface area contributed by atoms with Crippen LogP contribution >= 0.6 is 0 Å².